The molecule has 0 aliphatic rings. The number of rotatable bonds is 6. The fourth-order valence-electron chi connectivity index (χ4n) is 1.61. The molecule has 1 aromatic carbocycles. The second kappa shape index (κ2) is 9.20. The second-order valence-corrected chi connectivity index (χ2v) is 4.38. The van der Waals surface area contributed by atoms with Gasteiger partial charge in [0.1, 0.15) is 11.3 Å². The summed E-state index contributed by atoms with van der Waals surface area (Å²) in [5.74, 6) is -0.413. The maximum absolute atomic E-state index is 11.6. The standard InChI is InChI=1S/C14H20N2O4.ClH/c1-9(7-15)13(17)16-8-10-4-5-12(19-2)11(6-10)14(18)20-3;/h4-6,9H,7-8,15H2,1-3H3,(H,16,17);1H. The van der Waals surface area contributed by atoms with Crippen molar-refractivity contribution in [2.75, 3.05) is 20.8 Å². The van der Waals surface area contributed by atoms with Crippen LogP contribution in [0, 0.1) is 5.92 Å². The molecule has 0 aromatic heterocycles. The molecular weight excluding hydrogens is 296 g/mol. The number of methoxy groups -OCH3 is 2. The Morgan fingerprint density at radius 2 is 2.00 bits per heavy atom. The number of benzene rings is 1. The number of halogens is 1. The molecule has 0 saturated heterocycles. The van der Waals surface area contributed by atoms with Crippen LogP contribution < -0.4 is 15.8 Å². The minimum Gasteiger partial charge on any atom is -0.496 e. The Hall–Kier alpha value is -1.79. The van der Waals surface area contributed by atoms with Crippen LogP contribution in [0.3, 0.4) is 0 Å². The normalized spacial score (nSPS) is 11.0. The lowest BCUT2D eigenvalue weighted by Gasteiger charge is -2.12. The van der Waals surface area contributed by atoms with E-state index in [1.54, 1.807) is 25.1 Å². The first-order chi connectivity index (χ1) is 9.53. The van der Waals surface area contributed by atoms with Crippen LogP contribution in [0.25, 0.3) is 0 Å². The number of nitrogens with two attached hydrogens (primary N) is 1. The zero-order valence-electron chi connectivity index (χ0n) is 12.3. The number of nitrogens with one attached hydrogen (secondary N) is 1. The van der Waals surface area contributed by atoms with Gasteiger partial charge in [-0.2, -0.15) is 0 Å². The van der Waals surface area contributed by atoms with Gasteiger partial charge in [0, 0.05) is 19.0 Å². The van der Waals surface area contributed by atoms with Crippen molar-refractivity contribution in [3.63, 3.8) is 0 Å². The first-order valence-electron chi connectivity index (χ1n) is 6.26. The number of carbonyl (C=O) groups is 2. The monoisotopic (exact) mass is 316 g/mol. The lowest BCUT2D eigenvalue weighted by Crippen LogP contribution is -2.32. The number of carbonyl (C=O) groups excluding carboxylic acids is 2. The van der Waals surface area contributed by atoms with Gasteiger partial charge in [0.05, 0.1) is 14.2 Å². The lowest BCUT2D eigenvalue weighted by atomic mass is 10.1. The molecule has 1 atom stereocenters. The number of ether oxygens (including phenoxy) is 2. The third-order valence-electron chi connectivity index (χ3n) is 2.94. The zero-order chi connectivity index (χ0) is 15.1. The molecule has 1 amide bonds. The molecule has 1 unspecified atom stereocenters. The van der Waals surface area contributed by atoms with E-state index in [9.17, 15) is 9.59 Å². The van der Waals surface area contributed by atoms with Gasteiger partial charge < -0.3 is 20.5 Å². The molecule has 1 rings (SSSR count). The molecule has 0 radical (unpaired) electrons. The van der Waals surface area contributed by atoms with Crippen LogP contribution in [0.4, 0.5) is 0 Å². The largest absolute Gasteiger partial charge is 0.496 e. The Morgan fingerprint density at radius 1 is 1.33 bits per heavy atom. The van der Waals surface area contributed by atoms with Crippen LogP contribution in [0.5, 0.6) is 5.75 Å². The molecule has 6 nitrogen and oxygen atoms in total. The number of hydrogen-bond acceptors (Lipinski definition) is 5. The van der Waals surface area contributed by atoms with Crippen molar-refractivity contribution in [2.24, 2.45) is 11.7 Å². The average Bonchev–Trinajstić information content (AvgIpc) is 2.50. The highest BCUT2D eigenvalue weighted by Gasteiger charge is 2.14. The highest BCUT2D eigenvalue weighted by molar-refractivity contribution is 5.92. The van der Waals surface area contributed by atoms with Gasteiger partial charge in [-0.25, -0.2) is 4.79 Å². The molecule has 0 aliphatic heterocycles. The summed E-state index contributed by atoms with van der Waals surface area (Å²) in [6.07, 6.45) is 0. The van der Waals surface area contributed by atoms with E-state index in [-0.39, 0.29) is 24.2 Å². The summed E-state index contributed by atoms with van der Waals surface area (Å²) >= 11 is 0. The Morgan fingerprint density at radius 3 is 2.52 bits per heavy atom. The van der Waals surface area contributed by atoms with Gasteiger partial charge in [0.15, 0.2) is 0 Å². The number of esters is 1. The highest BCUT2D eigenvalue weighted by Crippen LogP contribution is 2.20. The van der Waals surface area contributed by atoms with E-state index in [0.29, 0.717) is 24.4 Å². The first-order valence-corrected chi connectivity index (χ1v) is 6.26. The Bertz CT molecular complexity index is 494. The molecule has 7 heteroatoms. The van der Waals surface area contributed by atoms with E-state index >= 15 is 0 Å². The van der Waals surface area contributed by atoms with Gasteiger partial charge in [-0.3, -0.25) is 4.79 Å². The van der Waals surface area contributed by atoms with Gasteiger partial charge in [0.2, 0.25) is 5.91 Å². The van der Waals surface area contributed by atoms with Gasteiger partial charge >= 0.3 is 5.97 Å². The molecule has 0 spiro atoms. The molecule has 118 valence electrons. The molecule has 0 saturated carbocycles. The fraction of sp³-hybridized carbons (Fsp3) is 0.429. The van der Waals surface area contributed by atoms with Crippen molar-refractivity contribution in [1.29, 1.82) is 0 Å². The van der Waals surface area contributed by atoms with E-state index in [4.69, 9.17) is 15.2 Å². The fourth-order valence-corrected chi connectivity index (χ4v) is 1.61. The van der Waals surface area contributed by atoms with E-state index < -0.39 is 5.97 Å². The van der Waals surface area contributed by atoms with Crippen LogP contribution in [0.2, 0.25) is 0 Å². The predicted molar refractivity (Wildman–Crippen MR) is 81.6 cm³/mol. The van der Waals surface area contributed by atoms with Crippen molar-refractivity contribution in [3.05, 3.63) is 29.3 Å². The van der Waals surface area contributed by atoms with Crippen LogP contribution in [0.1, 0.15) is 22.8 Å². The molecule has 0 aliphatic carbocycles. The van der Waals surface area contributed by atoms with Crippen LogP contribution in [-0.2, 0) is 16.1 Å². The SMILES string of the molecule is COC(=O)c1cc(CNC(=O)C(C)CN)ccc1OC.Cl. The third-order valence-corrected chi connectivity index (χ3v) is 2.94. The molecule has 3 N–H and O–H groups in total. The van der Waals surface area contributed by atoms with Crippen molar-refractivity contribution >= 4 is 24.3 Å². The molecule has 1 aromatic rings. The zero-order valence-corrected chi connectivity index (χ0v) is 13.2. The summed E-state index contributed by atoms with van der Waals surface area (Å²) in [5, 5.41) is 2.76. The average molecular weight is 317 g/mol. The van der Waals surface area contributed by atoms with Crippen LogP contribution in [-0.4, -0.2) is 32.6 Å². The highest BCUT2D eigenvalue weighted by atomic mass is 35.5. The quantitative estimate of drug-likeness (QED) is 0.767. The number of hydrogen-bond donors (Lipinski definition) is 2. The van der Waals surface area contributed by atoms with Gasteiger partial charge in [-0.05, 0) is 17.7 Å². The summed E-state index contributed by atoms with van der Waals surface area (Å²) in [7, 11) is 2.78. The third kappa shape index (κ3) is 5.24. The summed E-state index contributed by atoms with van der Waals surface area (Å²) < 4.78 is 9.79. The molecular formula is C14H21ClN2O4. The minimum atomic E-state index is -0.481. The van der Waals surface area contributed by atoms with Gasteiger partial charge in [0.25, 0.3) is 0 Å². The summed E-state index contributed by atoms with van der Waals surface area (Å²) in [6.45, 7) is 2.36. The van der Waals surface area contributed by atoms with E-state index in [2.05, 4.69) is 5.32 Å². The maximum atomic E-state index is 11.6. The van der Waals surface area contributed by atoms with Crippen molar-refractivity contribution in [3.8, 4) is 5.75 Å². The predicted octanol–water partition coefficient (Wildman–Crippen LogP) is 1.11. The van der Waals surface area contributed by atoms with E-state index in [1.807, 2.05) is 0 Å². The van der Waals surface area contributed by atoms with Crippen molar-refractivity contribution in [1.82, 2.24) is 5.32 Å². The molecule has 21 heavy (non-hydrogen) atoms. The Kier molecular flexibility index (Phi) is 8.42. The lowest BCUT2D eigenvalue weighted by molar-refractivity contribution is -0.124. The molecule has 0 heterocycles. The van der Waals surface area contributed by atoms with Gasteiger partial charge in [-0.1, -0.05) is 13.0 Å². The van der Waals surface area contributed by atoms with Gasteiger partial charge in [-0.15, -0.1) is 12.4 Å². The minimum absolute atomic E-state index is 0. The van der Waals surface area contributed by atoms with E-state index in [0.717, 1.165) is 5.56 Å². The molecule has 0 bridgehead atoms. The molecule has 0 fully saturated rings. The summed E-state index contributed by atoms with van der Waals surface area (Å²) in [6, 6.07) is 5.08. The van der Waals surface area contributed by atoms with E-state index in [1.165, 1.54) is 14.2 Å². The summed E-state index contributed by atoms with van der Waals surface area (Å²) in [5.41, 5.74) is 6.53. The summed E-state index contributed by atoms with van der Waals surface area (Å²) in [4.78, 5) is 23.3. The maximum Gasteiger partial charge on any atom is 0.341 e. The van der Waals surface area contributed by atoms with Crippen LogP contribution >= 0.6 is 12.4 Å². The van der Waals surface area contributed by atoms with Crippen LogP contribution in [0.15, 0.2) is 18.2 Å². The second-order valence-electron chi connectivity index (χ2n) is 4.38. The van der Waals surface area contributed by atoms with Crippen molar-refractivity contribution in [2.45, 2.75) is 13.5 Å². The van der Waals surface area contributed by atoms with Crippen molar-refractivity contribution < 1.29 is 19.1 Å². The number of amides is 1. The first kappa shape index (κ1) is 19.2. The topological polar surface area (TPSA) is 90.7 Å². The Balaban J connectivity index is 0.00000400. The smallest absolute Gasteiger partial charge is 0.341 e. The Labute approximate surface area is 130 Å².